The van der Waals surface area contributed by atoms with Crippen LogP contribution in [0.1, 0.15) is 5.56 Å². The lowest BCUT2D eigenvalue weighted by Crippen LogP contribution is -2.37. The molecule has 0 atom stereocenters. The van der Waals surface area contributed by atoms with Gasteiger partial charge >= 0.3 is 0 Å². The molecule has 0 radical (unpaired) electrons. The molecule has 0 spiro atoms. The Morgan fingerprint density at radius 3 is 2.40 bits per heavy atom. The summed E-state index contributed by atoms with van der Waals surface area (Å²) in [6.45, 7) is 9.37. The summed E-state index contributed by atoms with van der Waals surface area (Å²) in [5.41, 5.74) is 2.71. The molecule has 0 saturated carbocycles. The normalized spacial score (nSPS) is 12.3. The maximum atomic E-state index is 2.40. The maximum absolute atomic E-state index is 2.40. The van der Waals surface area contributed by atoms with E-state index in [-0.39, 0.29) is 0 Å². The number of hydrogen-bond donors (Lipinski definition) is 0. The minimum atomic E-state index is -1.22. The van der Waals surface area contributed by atoms with Gasteiger partial charge in [0.15, 0.2) is 0 Å². The van der Waals surface area contributed by atoms with Crippen LogP contribution in [-0.4, -0.2) is 12.6 Å². The Kier molecular flexibility index (Phi) is 2.27. The molecule has 0 saturated heterocycles. The molecule has 1 aromatic carbocycles. The van der Waals surface area contributed by atoms with E-state index in [1.165, 1.54) is 16.5 Å². The van der Waals surface area contributed by atoms with Crippen LogP contribution in [0, 0.1) is 6.92 Å². The molecule has 2 aromatic rings. The van der Waals surface area contributed by atoms with Gasteiger partial charge in [0.05, 0.1) is 8.07 Å². The number of nitrogens with zero attached hydrogens (tertiary/aromatic N) is 1. The van der Waals surface area contributed by atoms with Gasteiger partial charge in [0.25, 0.3) is 0 Å². The summed E-state index contributed by atoms with van der Waals surface area (Å²) >= 11 is 0. The van der Waals surface area contributed by atoms with Gasteiger partial charge in [-0.05, 0) is 29.1 Å². The topological polar surface area (TPSA) is 4.93 Å². The van der Waals surface area contributed by atoms with E-state index in [1.807, 2.05) is 0 Å². The number of aryl methyl sites for hydroxylation is 2. The highest BCUT2D eigenvalue weighted by atomic mass is 28.3. The minimum Gasteiger partial charge on any atom is -0.351 e. The molecule has 0 aliphatic rings. The molecular weight excluding hydrogens is 198 g/mol. The summed E-state index contributed by atoms with van der Waals surface area (Å²) in [4.78, 5) is 0. The van der Waals surface area contributed by atoms with E-state index < -0.39 is 8.07 Å². The van der Waals surface area contributed by atoms with Gasteiger partial charge in [-0.1, -0.05) is 31.8 Å². The van der Waals surface area contributed by atoms with Gasteiger partial charge in [-0.2, -0.15) is 0 Å². The quantitative estimate of drug-likeness (QED) is 0.647. The fourth-order valence-corrected chi connectivity index (χ4v) is 3.69. The lowest BCUT2D eigenvalue weighted by atomic mass is 10.2. The molecule has 1 heterocycles. The predicted molar refractivity (Wildman–Crippen MR) is 70.6 cm³/mol. The summed E-state index contributed by atoms with van der Waals surface area (Å²) in [6, 6.07) is 6.77. The van der Waals surface area contributed by atoms with Crippen LogP contribution in [0.15, 0.2) is 24.4 Å². The molecular formula is C13H19NSi. The SMILES string of the molecule is Cc1ccc2c([Si](C)(C)C)cn(C)c2c1. The Morgan fingerprint density at radius 1 is 1.13 bits per heavy atom. The zero-order valence-corrected chi connectivity index (χ0v) is 11.3. The summed E-state index contributed by atoms with van der Waals surface area (Å²) in [5, 5.41) is 3.02. The Bertz CT molecular complexity index is 503. The zero-order chi connectivity index (χ0) is 11.2. The van der Waals surface area contributed by atoms with Crippen molar-refractivity contribution >= 4 is 24.2 Å². The highest BCUT2D eigenvalue weighted by Gasteiger charge is 2.21. The van der Waals surface area contributed by atoms with Crippen molar-refractivity contribution in [1.29, 1.82) is 0 Å². The van der Waals surface area contributed by atoms with E-state index >= 15 is 0 Å². The van der Waals surface area contributed by atoms with Crippen LogP contribution in [0.25, 0.3) is 10.9 Å². The number of aromatic nitrogens is 1. The molecule has 2 rings (SSSR count). The summed E-state index contributed by atoms with van der Waals surface area (Å²) in [6.07, 6.45) is 2.32. The third kappa shape index (κ3) is 1.74. The molecule has 1 aromatic heterocycles. The van der Waals surface area contributed by atoms with Crippen LogP contribution >= 0.6 is 0 Å². The molecule has 0 aliphatic heterocycles. The van der Waals surface area contributed by atoms with Crippen molar-refractivity contribution in [3.8, 4) is 0 Å². The second-order valence-corrected chi connectivity index (χ2v) is 10.5. The van der Waals surface area contributed by atoms with Crippen LogP contribution in [-0.2, 0) is 7.05 Å². The minimum absolute atomic E-state index is 1.22. The fraction of sp³-hybridized carbons (Fsp3) is 0.385. The average Bonchev–Trinajstić information content (AvgIpc) is 2.43. The highest BCUT2D eigenvalue weighted by Crippen LogP contribution is 2.18. The number of fused-ring (bicyclic) bond motifs is 1. The van der Waals surface area contributed by atoms with E-state index in [0.717, 1.165) is 0 Å². The van der Waals surface area contributed by atoms with Crippen molar-refractivity contribution in [2.45, 2.75) is 26.6 Å². The smallest absolute Gasteiger partial charge is 0.0804 e. The molecule has 0 N–H and O–H groups in total. The van der Waals surface area contributed by atoms with E-state index in [1.54, 1.807) is 5.19 Å². The van der Waals surface area contributed by atoms with Crippen LogP contribution in [0.5, 0.6) is 0 Å². The third-order valence-corrected chi connectivity index (χ3v) is 4.97. The standard InChI is InChI=1S/C13H19NSi/c1-10-6-7-11-12(8-10)14(2)9-13(11)15(3,4)5/h6-9H,1-5H3. The first-order valence-electron chi connectivity index (χ1n) is 5.46. The third-order valence-electron chi connectivity index (χ3n) is 2.95. The van der Waals surface area contributed by atoms with Crippen molar-refractivity contribution in [3.05, 3.63) is 30.0 Å². The maximum Gasteiger partial charge on any atom is 0.0804 e. The Morgan fingerprint density at radius 2 is 1.80 bits per heavy atom. The molecule has 1 nitrogen and oxygen atoms in total. The van der Waals surface area contributed by atoms with Crippen LogP contribution in [0.3, 0.4) is 0 Å². The lowest BCUT2D eigenvalue weighted by molar-refractivity contribution is 0.971. The summed E-state index contributed by atoms with van der Waals surface area (Å²) in [5.74, 6) is 0. The number of hydrogen-bond acceptors (Lipinski definition) is 0. The fourth-order valence-electron chi connectivity index (χ4n) is 2.09. The monoisotopic (exact) mass is 217 g/mol. The number of benzene rings is 1. The van der Waals surface area contributed by atoms with Gasteiger partial charge in [0.1, 0.15) is 0 Å². The van der Waals surface area contributed by atoms with Gasteiger partial charge in [-0.15, -0.1) is 0 Å². The van der Waals surface area contributed by atoms with Crippen molar-refractivity contribution in [3.63, 3.8) is 0 Å². The molecule has 0 fully saturated rings. The molecule has 0 aliphatic carbocycles. The molecule has 0 bridgehead atoms. The Balaban J connectivity index is 2.79. The number of rotatable bonds is 1. The zero-order valence-electron chi connectivity index (χ0n) is 10.3. The molecule has 15 heavy (non-hydrogen) atoms. The first-order chi connectivity index (χ1) is 6.89. The van der Waals surface area contributed by atoms with Crippen molar-refractivity contribution in [2.75, 3.05) is 0 Å². The van der Waals surface area contributed by atoms with E-state index in [2.05, 4.69) is 62.6 Å². The first-order valence-corrected chi connectivity index (χ1v) is 8.96. The largest absolute Gasteiger partial charge is 0.351 e. The van der Waals surface area contributed by atoms with Crippen molar-refractivity contribution in [1.82, 2.24) is 4.57 Å². The molecule has 0 amide bonds. The van der Waals surface area contributed by atoms with Crippen molar-refractivity contribution in [2.24, 2.45) is 7.05 Å². The first kappa shape index (κ1) is 10.5. The lowest BCUT2D eigenvalue weighted by Gasteiger charge is -2.14. The van der Waals surface area contributed by atoms with Gasteiger partial charge in [-0.25, -0.2) is 0 Å². The van der Waals surface area contributed by atoms with Crippen LogP contribution < -0.4 is 5.19 Å². The summed E-state index contributed by atoms with van der Waals surface area (Å²) < 4.78 is 2.26. The second kappa shape index (κ2) is 3.24. The molecule has 80 valence electrons. The van der Waals surface area contributed by atoms with Gasteiger partial charge < -0.3 is 4.57 Å². The predicted octanol–water partition coefficient (Wildman–Crippen LogP) is 3.03. The van der Waals surface area contributed by atoms with E-state index in [0.29, 0.717) is 0 Å². The van der Waals surface area contributed by atoms with E-state index in [4.69, 9.17) is 0 Å². The van der Waals surface area contributed by atoms with Crippen molar-refractivity contribution < 1.29 is 0 Å². The molecule has 2 heteroatoms. The van der Waals surface area contributed by atoms with Crippen LogP contribution in [0.2, 0.25) is 19.6 Å². The summed E-state index contributed by atoms with van der Waals surface area (Å²) in [7, 11) is 0.929. The van der Waals surface area contributed by atoms with Crippen LogP contribution in [0.4, 0.5) is 0 Å². The Hall–Kier alpha value is -1.02. The highest BCUT2D eigenvalue weighted by molar-refractivity contribution is 6.90. The second-order valence-electron chi connectivity index (χ2n) is 5.42. The average molecular weight is 217 g/mol. The molecule has 0 unspecified atom stereocenters. The van der Waals surface area contributed by atoms with E-state index in [9.17, 15) is 0 Å². The Labute approximate surface area is 92.7 Å². The van der Waals surface area contributed by atoms with Gasteiger partial charge in [0.2, 0.25) is 0 Å². The van der Waals surface area contributed by atoms with Gasteiger partial charge in [0, 0.05) is 18.8 Å². The van der Waals surface area contributed by atoms with Gasteiger partial charge in [-0.3, -0.25) is 0 Å².